The van der Waals surface area contributed by atoms with Gasteiger partial charge in [0.1, 0.15) is 0 Å². The van der Waals surface area contributed by atoms with Gasteiger partial charge < -0.3 is 5.73 Å². The first-order valence-corrected chi connectivity index (χ1v) is 7.73. The van der Waals surface area contributed by atoms with E-state index in [1.165, 1.54) is 9.75 Å². The fourth-order valence-electron chi connectivity index (χ4n) is 1.84. The van der Waals surface area contributed by atoms with Crippen LogP contribution in [0.5, 0.6) is 0 Å². The van der Waals surface area contributed by atoms with Gasteiger partial charge in [-0.3, -0.25) is 4.90 Å². The van der Waals surface area contributed by atoms with Gasteiger partial charge in [-0.15, -0.1) is 22.7 Å². The van der Waals surface area contributed by atoms with Gasteiger partial charge in [-0.2, -0.15) is 0 Å². The van der Waals surface area contributed by atoms with Gasteiger partial charge in [-0.05, 0) is 26.1 Å². The van der Waals surface area contributed by atoms with E-state index in [4.69, 9.17) is 17.3 Å². The maximum atomic E-state index is 5.99. The van der Waals surface area contributed by atoms with Crippen LogP contribution < -0.4 is 5.73 Å². The number of rotatable bonds is 5. The molecule has 6 heteroatoms. The Morgan fingerprint density at radius 3 is 2.78 bits per heavy atom. The Morgan fingerprint density at radius 1 is 1.50 bits per heavy atom. The number of thiophene rings is 1. The summed E-state index contributed by atoms with van der Waals surface area (Å²) in [5.74, 6) is 0. The minimum atomic E-state index is 0.212. The number of aryl methyl sites for hydroxylation is 1. The summed E-state index contributed by atoms with van der Waals surface area (Å²) < 4.78 is 0.811. The summed E-state index contributed by atoms with van der Waals surface area (Å²) in [6.07, 6.45) is 0. The number of aromatic nitrogens is 1. The van der Waals surface area contributed by atoms with E-state index >= 15 is 0 Å². The zero-order valence-electron chi connectivity index (χ0n) is 10.4. The molecule has 0 bridgehead atoms. The van der Waals surface area contributed by atoms with Gasteiger partial charge in [-0.25, -0.2) is 4.98 Å². The Labute approximate surface area is 120 Å². The van der Waals surface area contributed by atoms with Crippen LogP contribution in [0.3, 0.4) is 0 Å². The Hall–Kier alpha value is -0.460. The van der Waals surface area contributed by atoms with Crippen LogP contribution in [-0.2, 0) is 6.54 Å². The van der Waals surface area contributed by atoms with Crippen LogP contribution in [0, 0.1) is 6.92 Å². The van der Waals surface area contributed by atoms with Crippen LogP contribution in [0.2, 0.25) is 4.34 Å². The summed E-state index contributed by atoms with van der Waals surface area (Å²) >= 11 is 9.27. The molecule has 0 aromatic carbocycles. The average molecular weight is 302 g/mol. The van der Waals surface area contributed by atoms with E-state index in [1.54, 1.807) is 22.7 Å². The van der Waals surface area contributed by atoms with E-state index in [-0.39, 0.29) is 6.04 Å². The molecule has 0 aliphatic carbocycles. The second kappa shape index (κ2) is 6.12. The van der Waals surface area contributed by atoms with E-state index in [0.29, 0.717) is 6.54 Å². The van der Waals surface area contributed by atoms with Crippen LogP contribution >= 0.6 is 34.3 Å². The fourth-order valence-corrected chi connectivity index (χ4v) is 3.91. The molecule has 1 atom stereocenters. The number of thiazole rings is 1. The van der Waals surface area contributed by atoms with Gasteiger partial charge in [0.15, 0.2) is 0 Å². The Bertz CT molecular complexity index is 509. The van der Waals surface area contributed by atoms with E-state index in [0.717, 1.165) is 16.6 Å². The molecular formula is C12H16ClN3S2. The highest BCUT2D eigenvalue weighted by atomic mass is 35.5. The Kier molecular flexibility index (Phi) is 4.75. The smallest absolute Gasteiger partial charge is 0.0931 e. The molecule has 2 N–H and O–H groups in total. The van der Waals surface area contributed by atoms with Crippen molar-refractivity contribution in [2.24, 2.45) is 5.73 Å². The molecule has 0 fully saturated rings. The third-order valence-corrected chi connectivity index (χ3v) is 5.17. The molecule has 18 heavy (non-hydrogen) atoms. The van der Waals surface area contributed by atoms with Crippen molar-refractivity contribution in [1.29, 1.82) is 0 Å². The number of nitrogens with zero attached hydrogens (tertiary/aromatic N) is 2. The topological polar surface area (TPSA) is 42.2 Å². The van der Waals surface area contributed by atoms with Gasteiger partial charge in [0.25, 0.3) is 0 Å². The summed E-state index contributed by atoms with van der Waals surface area (Å²) in [6.45, 7) is 3.50. The minimum Gasteiger partial charge on any atom is -0.329 e. The molecule has 0 radical (unpaired) electrons. The second-order valence-electron chi connectivity index (χ2n) is 4.17. The highest BCUT2D eigenvalue weighted by Gasteiger charge is 2.18. The molecule has 2 aromatic heterocycles. The molecule has 2 rings (SSSR count). The Balaban J connectivity index is 2.11. The first kappa shape index (κ1) is 14.0. The van der Waals surface area contributed by atoms with Crippen LogP contribution in [-0.4, -0.2) is 23.5 Å². The molecule has 0 amide bonds. The zero-order valence-corrected chi connectivity index (χ0v) is 12.8. The van der Waals surface area contributed by atoms with Crippen LogP contribution in [0.25, 0.3) is 0 Å². The van der Waals surface area contributed by atoms with E-state index in [2.05, 4.69) is 23.0 Å². The fraction of sp³-hybridized carbons (Fsp3) is 0.417. The molecule has 0 saturated heterocycles. The van der Waals surface area contributed by atoms with Crippen molar-refractivity contribution < 1.29 is 0 Å². The third kappa shape index (κ3) is 3.10. The van der Waals surface area contributed by atoms with Crippen molar-refractivity contribution in [1.82, 2.24) is 9.88 Å². The average Bonchev–Trinajstić information content (AvgIpc) is 2.91. The summed E-state index contributed by atoms with van der Waals surface area (Å²) in [4.78, 5) is 9.03. The van der Waals surface area contributed by atoms with Gasteiger partial charge in [0, 0.05) is 22.8 Å². The van der Waals surface area contributed by atoms with Crippen molar-refractivity contribution in [3.8, 4) is 0 Å². The van der Waals surface area contributed by atoms with Gasteiger partial charge in [-0.1, -0.05) is 11.6 Å². The summed E-state index contributed by atoms with van der Waals surface area (Å²) in [5.41, 5.74) is 8.88. The first-order valence-electron chi connectivity index (χ1n) is 5.66. The molecule has 98 valence electrons. The molecular weight excluding hydrogens is 286 g/mol. The van der Waals surface area contributed by atoms with Crippen LogP contribution in [0.15, 0.2) is 17.6 Å². The molecule has 0 saturated carbocycles. The lowest BCUT2D eigenvalue weighted by molar-refractivity contribution is 0.246. The number of hydrogen-bond acceptors (Lipinski definition) is 5. The molecule has 0 spiro atoms. The predicted molar refractivity (Wildman–Crippen MR) is 79.4 cm³/mol. The maximum absolute atomic E-state index is 5.99. The van der Waals surface area contributed by atoms with Crippen molar-refractivity contribution in [3.63, 3.8) is 0 Å². The summed E-state index contributed by atoms with van der Waals surface area (Å²) in [7, 11) is 2.09. The molecule has 2 aromatic rings. The highest BCUT2D eigenvalue weighted by Crippen LogP contribution is 2.30. The van der Waals surface area contributed by atoms with Gasteiger partial charge in [0.2, 0.25) is 0 Å². The van der Waals surface area contributed by atoms with Crippen molar-refractivity contribution in [2.45, 2.75) is 19.5 Å². The highest BCUT2D eigenvalue weighted by molar-refractivity contribution is 7.16. The van der Waals surface area contributed by atoms with Crippen molar-refractivity contribution in [3.05, 3.63) is 37.4 Å². The third-order valence-electron chi connectivity index (χ3n) is 2.92. The molecule has 0 aliphatic heterocycles. The van der Waals surface area contributed by atoms with Crippen LogP contribution in [0.1, 0.15) is 21.5 Å². The normalized spacial score (nSPS) is 13.2. The first-order chi connectivity index (χ1) is 8.61. The minimum absolute atomic E-state index is 0.212. The lowest BCUT2D eigenvalue weighted by atomic mass is 10.2. The van der Waals surface area contributed by atoms with E-state index < -0.39 is 0 Å². The zero-order chi connectivity index (χ0) is 13.1. The monoisotopic (exact) mass is 301 g/mol. The number of halogens is 1. The van der Waals surface area contributed by atoms with E-state index in [1.807, 2.05) is 18.5 Å². The lowest BCUT2D eigenvalue weighted by Gasteiger charge is -2.25. The van der Waals surface area contributed by atoms with Crippen LogP contribution in [0.4, 0.5) is 0 Å². The Morgan fingerprint density at radius 2 is 2.28 bits per heavy atom. The van der Waals surface area contributed by atoms with Gasteiger partial charge in [0.05, 0.1) is 21.6 Å². The molecule has 3 nitrogen and oxygen atoms in total. The molecule has 1 unspecified atom stereocenters. The number of hydrogen-bond donors (Lipinski definition) is 1. The SMILES string of the molecule is Cc1ncsc1CN(C)C(CN)c1ccc(Cl)s1. The number of nitrogens with two attached hydrogens (primary N) is 1. The van der Waals surface area contributed by atoms with E-state index in [9.17, 15) is 0 Å². The van der Waals surface area contributed by atoms with Crippen molar-refractivity contribution in [2.75, 3.05) is 13.6 Å². The second-order valence-corrected chi connectivity index (χ2v) is 6.86. The lowest BCUT2D eigenvalue weighted by Crippen LogP contribution is -2.29. The summed E-state index contributed by atoms with van der Waals surface area (Å²) in [5, 5.41) is 0. The summed E-state index contributed by atoms with van der Waals surface area (Å²) in [6, 6.07) is 4.19. The standard InChI is InChI=1S/C12H16ClN3S2/c1-8-11(17-7-15-8)6-16(2)9(5-14)10-3-4-12(13)18-10/h3-4,7,9H,5-6,14H2,1-2H3. The molecule has 2 heterocycles. The predicted octanol–water partition coefficient (Wildman–Crippen LogP) is 3.30. The maximum Gasteiger partial charge on any atom is 0.0931 e. The van der Waals surface area contributed by atoms with Crippen molar-refractivity contribution >= 4 is 34.3 Å². The quantitative estimate of drug-likeness (QED) is 0.921. The number of likely N-dealkylation sites (N-methyl/N-ethyl adjacent to an activating group) is 1. The largest absolute Gasteiger partial charge is 0.329 e. The van der Waals surface area contributed by atoms with Gasteiger partial charge >= 0.3 is 0 Å². The molecule has 0 aliphatic rings.